The van der Waals surface area contributed by atoms with Crippen LogP contribution >= 0.6 is 11.3 Å². The Morgan fingerprint density at radius 3 is 2.68 bits per heavy atom. The van der Waals surface area contributed by atoms with E-state index >= 15 is 0 Å². The zero-order valence-electron chi connectivity index (χ0n) is 16.4. The number of nitrogens with one attached hydrogen (secondary N) is 1. The second-order valence-electron chi connectivity index (χ2n) is 7.52. The molecule has 146 valence electrons. The summed E-state index contributed by atoms with van der Waals surface area (Å²) in [6.07, 6.45) is 2.02. The van der Waals surface area contributed by atoms with E-state index in [1.54, 1.807) is 11.3 Å². The first-order valence-electron chi connectivity index (χ1n) is 9.79. The van der Waals surface area contributed by atoms with Gasteiger partial charge in [-0.2, -0.15) is 0 Å². The van der Waals surface area contributed by atoms with E-state index in [-0.39, 0.29) is 11.9 Å². The van der Waals surface area contributed by atoms with Gasteiger partial charge < -0.3 is 15.0 Å². The summed E-state index contributed by atoms with van der Waals surface area (Å²) in [6.45, 7) is 4.61. The van der Waals surface area contributed by atoms with Crippen LogP contribution in [0.2, 0.25) is 0 Å². The fraction of sp³-hybridized carbons (Fsp3) is 0.348. The van der Waals surface area contributed by atoms with Crippen LogP contribution in [0.3, 0.4) is 0 Å². The molecule has 2 heterocycles. The van der Waals surface area contributed by atoms with Crippen molar-refractivity contribution in [2.75, 3.05) is 20.1 Å². The lowest BCUT2D eigenvalue weighted by Gasteiger charge is -2.29. The number of thiophene rings is 1. The van der Waals surface area contributed by atoms with Crippen molar-refractivity contribution in [1.29, 1.82) is 0 Å². The fourth-order valence-corrected chi connectivity index (χ4v) is 4.76. The Labute approximate surface area is 170 Å². The molecule has 0 spiro atoms. The maximum Gasteiger partial charge on any atom is 0.253 e. The lowest BCUT2D eigenvalue weighted by molar-refractivity contribution is 0.0918. The number of amides is 1. The highest BCUT2D eigenvalue weighted by Crippen LogP contribution is 2.34. The number of rotatable bonds is 5. The zero-order chi connectivity index (χ0) is 19.5. The van der Waals surface area contributed by atoms with Crippen molar-refractivity contribution in [3.8, 4) is 5.75 Å². The number of fused-ring (bicyclic) bond motifs is 1. The van der Waals surface area contributed by atoms with Crippen LogP contribution in [0.1, 0.15) is 33.6 Å². The Balaban J connectivity index is 1.52. The summed E-state index contributed by atoms with van der Waals surface area (Å²) in [5.41, 5.74) is 1.92. The quantitative estimate of drug-likeness (QED) is 0.687. The number of piperidine rings is 1. The molecule has 0 atom stereocenters. The van der Waals surface area contributed by atoms with Crippen LogP contribution in [0.4, 0.5) is 0 Å². The molecule has 1 saturated heterocycles. The molecule has 4 nitrogen and oxygen atoms in total. The summed E-state index contributed by atoms with van der Waals surface area (Å²) in [5, 5.41) is 4.24. The van der Waals surface area contributed by atoms with Crippen LogP contribution < -0.4 is 10.1 Å². The second-order valence-corrected chi connectivity index (χ2v) is 8.77. The van der Waals surface area contributed by atoms with Gasteiger partial charge in [0.1, 0.15) is 12.4 Å². The Morgan fingerprint density at radius 2 is 1.93 bits per heavy atom. The van der Waals surface area contributed by atoms with E-state index in [9.17, 15) is 4.79 Å². The van der Waals surface area contributed by atoms with Gasteiger partial charge in [0.2, 0.25) is 0 Å². The number of hydrogen-bond acceptors (Lipinski definition) is 4. The van der Waals surface area contributed by atoms with Crippen molar-refractivity contribution in [1.82, 2.24) is 10.2 Å². The lowest BCUT2D eigenvalue weighted by Crippen LogP contribution is -2.43. The Bertz CT molecular complexity index is 959. The number of benzene rings is 2. The molecule has 0 unspecified atom stereocenters. The molecule has 1 aliphatic heterocycles. The Kier molecular flexibility index (Phi) is 5.64. The maximum atomic E-state index is 13.0. The highest BCUT2D eigenvalue weighted by molar-refractivity contribution is 7.19. The number of likely N-dealkylation sites (tertiary alicyclic amines) is 1. The third kappa shape index (κ3) is 4.21. The van der Waals surface area contributed by atoms with Crippen molar-refractivity contribution in [2.24, 2.45) is 0 Å². The average molecular weight is 395 g/mol. The van der Waals surface area contributed by atoms with Crippen molar-refractivity contribution in [3.05, 3.63) is 64.5 Å². The number of ether oxygens (including phenoxy) is 1. The van der Waals surface area contributed by atoms with Crippen molar-refractivity contribution >= 4 is 27.3 Å². The molecule has 1 fully saturated rings. The zero-order valence-corrected chi connectivity index (χ0v) is 17.2. The van der Waals surface area contributed by atoms with Crippen LogP contribution in [0.25, 0.3) is 10.1 Å². The van der Waals surface area contributed by atoms with Crippen LogP contribution in [0.5, 0.6) is 5.75 Å². The van der Waals surface area contributed by atoms with Crippen molar-refractivity contribution in [2.45, 2.75) is 32.4 Å². The Hall–Kier alpha value is -2.37. The van der Waals surface area contributed by atoms with Gasteiger partial charge in [-0.15, -0.1) is 11.3 Å². The number of aryl methyl sites for hydroxylation is 1. The van der Waals surface area contributed by atoms with Gasteiger partial charge in [-0.1, -0.05) is 30.3 Å². The smallest absolute Gasteiger partial charge is 0.253 e. The molecule has 0 aliphatic carbocycles. The third-order valence-corrected chi connectivity index (χ3v) is 6.45. The molecular formula is C23H26N2O2S. The molecule has 1 aliphatic rings. The molecule has 5 heteroatoms. The van der Waals surface area contributed by atoms with Gasteiger partial charge in [0.15, 0.2) is 0 Å². The van der Waals surface area contributed by atoms with Gasteiger partial charge in [-0.05, 0) is 63.7 Å². The average Bonchev–Trinajstić information content (AvgIpc) is 3.04. The van der Waals surface area contributed by atoms with E-state index in [4.69, 9.17) is 4.74 Å². The minimum Gasteiger partial charge on any atom is -0.489 e. The van der Waals surface area contributed by atoms with E-state index in [1.165, 1.54) is 0 Å². The Morgan fingerprint density at radius 1 is 1.18 bits per heavy atom. The second kappa shape index (κ2) is 8.33. The molecule has 0 bridgehead atoms. The van der Waals surface area contributed by atoms with E-state index in [0.29, 0.717) is 6.61 Å². The highest BCUT2D eigenvalue weighted by atomic mass is 32.1. The first kappa shape index (κ1) is 19.0. The summed E-state index contributed by atoms with van der Waals surface area (Å²) >= 11 is 1.67. The number of hydrogen-bond donors (Lipinski definition) is 1. The SMILES string of the molecule is Cc1sc2ccc(OCc3ccccc3)cc2c1C(=O)NC1CCN(C)CC1. The number of carbonyl (C=O) groups is 1. The first-order valence-corrected chi connectivity index (χ1v) is 10.6. The van der Waals surface area contributed by atoms with Gasteiger partial charge in [0.25, 0.3) is 5.91 Å². The topological polar surface area (TPSA) is 41.6 Å². The largest absolute Gasteiger partial charge is 0.489 e. The molecule has 3 aromatic rings. The molecule has 0 saturated carbocycles. The lowest BCUT2D eigenvalue weighted by atomic mass is 10.0. The normalized spacial score (nSPS) is 15.6. The number of carbonyl (C=O) groups excluding carboxylic acids is 1. The van der Waals surface area contributed by atoms with E-state index in [2.05, 4.69) is 23.3 Å². The monoisotopic (exact) mass is 394 g/mol. The molecule has 1 aromatic heterocycles. The molecule has 1 N–H and O–H groups in total. The van der Waals surface area contributed by atoms with E-state index in [0.717, 1.165) is 57.8 Å². The van der Waals surface area contributed by atoms with Gasteiger partial charge in [0.05, 0.1) is 5.56 Å². The minimum atomic E-state index is 0.0403. The van der Waals surface area contributed by atoms with Gasteiger partial charge in [-0.25, -0.2) is 0 Å². The highest BCUT2D eigenvalue weighted by Gasteiger charge is 2.22. The van der Waals surface area contributed by atoms with Crippen LogP contribution in [0, 0.1) is 6.92 Å². The standard InChI is InChI=1S/C23H26N2O2S/c1-16-22(23(26)24-18-10-12-25(2)13-11-18)20-14-19(8-9-21(20)28-16)27-15-17-6-4-3-5-7-17/h3-9,14,18H,10-13,15H2,1-2H3,(H,24,26). The minimum absolute atomic E-state index is 0.0403. The van der Waals surface area contributed by atoms with E-state index in [1.807, 2.05) is 49.4 Å². The van der Waals surface area contributed by atoms with Crippen LogP contribution in [-0.4, -0.2) is 37.0 Å². The van der Waals surface area contributed by atoms with Crippen molar-refractivity contribution in [3.63, 3.8) is 0 Å². The third-order valence-electron chi connectivity index (χ3n) is 5.36. The fourth-order valence-electron chi connectivity index (χ4n) is 3.72. The van der Waals surface area contributed by atoms with Crippen LogP contribution in [0.15, 0.2) is 48.5 Å². The number of nitrogens with zero attached hydrogens (tertiary/aromatic N) is 1. The molecule has 2 aromatic carbocycles. The molecule has 28 heavy (non-hydrogen) atoms. The van der Waals surface area contributed by atoms with Gasteiger partial charge >= 0.3 is 0 Å². The van der Waals surface area contributed by atoms with Gasteiger partial charge in [-0.3, -0.25) is 4.79 Å². The van der Waals surface area contributed by atoms with Crippen LogP contribution in [-0.2, 0) is 6.61 Å². The van der Waals surface area contributed by atoms with Crippen molar-refractivity contribution < 1.29 is 9.53 Å². The molecular weight excluding hydrogens is 368 g/mol. The summed E-state index contributed by atoms with van der Waals surface area (Å²) in [4.78, 5) is 16.4. The van der Waals surface area contributed by atoms with E-state index < -0.39 is 0 Å². The summed E-state index contributed by atoms with van der Waals surface area (Å²) < 4.78 is 7.10. The first-order chi connectivity index (χ1) is 13.6. The predicted octanol–water partition coefficient (Wildman–Crippen LogP) is 4.61. The summed E-state index contributed by atoms with van der Waals surface area (Å²) in [7, 11) is 2.13. The molecule has 4 rings (SSSR count). The van der Waals surface area contributed by atoms with Gasteiger partial charge in [0, 0.05) is 21.0 Å². The molecule has 0 radical (unpaired) electrons. The summed E-state index contributed by atoms with van der Waals surface area (Å²) in [6, 6.07) is 16.4. The predicted molar refractivity (Wildman–Crippen MR) is 115 cm³/mol. The summed E-state index contributed by atoms with van der Waals surface area (Å²) in [5.74, 6) is 0.834. The molecule has 1 amide bonds. The maximum absolute atomic E-state index is 13.0.